The van der Waals surface area contributed by atoms with E-state index < -0.39 is 0 Å². The summed E-state index contributed by atoms with van der Waals surface area (Å²) in [4.78, 5) is 8.90. The van der Waals surface area contributed by atoms with Gasteiger partial charge in [0, 0.05) is 27.6 Å². The molecule has 2 aromatic carbocycles. The van der Waals surface area contributed by atoms with Crippen molar-refractivity contribution in [1.29, 1.82) is 0 Å². The topological polar surface area (TPSA) is 35.0 Å². The fourth-order valence-corrected chi connectivity index (χ4v) is 3.21. The molecule has 1 heterocycles. The SMILES string of the molecule is Cc1cc(Oc2ccc(Cl)cc2)nc(SCc2cccc(Cl)c2)n1. The number of hydrogen-bond acceptors (Lipinski definition) is 4. The highest BCUT2D eigenvalue weighted by molar-refractivity contribution is 7.98. The summed E-state index contributed by atoms with van der Waals surface area (Å²) in [6.45, 7) is 1.92. The number of aromatic nitrogens is 2. The normalized spacial score (nSPS) is 10.6. The number of thioether (sulfide) groups is 1. The van der Waals surface area contributed by atoms with Crippen LogP contribution in [0, 0.1) is 6.92 Å². The van der Waals surface area contributed by atoms with Crippen LogP contribution in [-0.2, 0) is 5.75 Å². The van der Waals surface area contributed by atoms with Gasteiger partial charge in [0.1, 0.15) is 5.75 Å². The first-order valence-corrected chi connectivity index (χ1v) is 8.99. The van der Waals surface area contributed by atoms with E-state index in [4.69, 9.17) is 27.9 Å². The van der Waals surface area contributed by atoms with E-state index >= 15 is 0 Å². The summed E-state index contributed by atoms with van der Waals surface area (Å²) in [5.74, 6) is 1.94. The van der Waals surface area contributed by atoms with Crippen LogP contribution in [0.3, 0.4) is 0 Å². The van der Waals surface area contributed by atoms with Crippen LogP contribution in [0.1, 0.15) is 11.3 Å². The maximum absolute atomic E-state index is 6.01. The van der Waals surface area contributed by atoms with Crippen molar-refractivity contribution >= 4 is 35.0 Å². The van der Waals surface area contributed by atoms with Crippen LogP contribution >= 0.6 is 35.0 Å². The molecule has 1 aromatic heterocycles. The van der Waals surface area contributed by atoms with Crippen molar-refractivity contribution in [3.05, 3.63) is 75.9 Å². The second-order valence-corrected chi connectivity index (χ2v) is 6.92. The van der Waals surface area contributed by atoms with E-state index in [-0.39, 0.29) is 0 Å². The lowest BCUT2D eigenvalue weighted by molar-refractivity contribution is 0.454. The molecule has 122 valence electrons. The average Bonchev–Trinajstić information content (AvgIpc) is 2.55. The van der Waals surface area contributed by atoms with Gasteiger partial charge in [0.05, 0.1) is 0 Å². The van der Waals surface area contributed by atoms with Gasteiger partial charge in [-0.1, -0.05) is 47.1 Å². The minimum atomic E-state index is 0.512. The molecule has 0 bridgehead atoms. The third-order valence-corrected chi connectivity index (χ3v) is 4.51. The molecule has 3 aromatic rings. The molecule has 0 saturated carbocycles. The molecule has 0 aliphatic carbocycles. The molecular weight excluding hydrogens is 363 g/mol. The van der Waals surface area contributed by atoms with Gasteiger partial charge in [0.25, 0.3) is 0 Å². The van der Waals surface area contributed by atoms with Gasteiger partial charge >= 0.3 is 0 Å². The summed E-state index contributed by atoms with van der Waals surface area (Å²) < 4.78 is 5.78. The number of ether oxygens (including phenoxy) is 1. The monoisotopic (exact) mass is 376 g/mol. The Morgan fingerprint density at radius 2 is 1.75 bits per heavy atom. The van der Waals surface area contributed by atoms with E-state index in [1.165, 1.54) is 0 Å². The van der Waals surface area contributed by atoms with Gasteiger partial charge in [-0.2, -0.15) is 4.98 Å². The second-order valence-electron chi connectivity index (χ2n) is 5.10. The predicted octanol–water partition coefficient (Wildman–Crippen LogP) is 6.18. The molecule has 0 aliphatic heterocycles. The molecule has 6 heteroatoms. The van der Waals surface area contributed by atoms with Gasteiger partial charge in [-0.3, -0.25) is 0 Å². The quantitative estimate of drug-likeness (QED) is 0.393. The third kappa shape index (κ3) is 4.87. The third-order valence-electron chi connectivity index (χ3n) is 3.10. The minimum absolute atomic E-state index is 0.512. The molecule has 0 unspecified atom stereocenters. The van der Waals surface area contributed by atoms with Gasteiger partial charge in [-0.25, -0.2) is 4.98 Å². The van der Waals surface area contributed by atoms with E-state index in [0.717, 1.165) is 22.0 Å². The van der Waals surface area contributed by atoms with E-state index in [1.807, 2.05) is 31.2 Å². The van der Waals surface area contributed by atoms with Crippen molar-refractivity contribution < 1.29 is 4.74 Å². The zero-order chi connectivity index (χ0) is 16.9. The Labute approximate surface area is 155 Å². The van der Waals surface area contributed by atoms with Gasteiger partial charge < -0.3 is 4.74 Å². The molecule has 0 saturated heterocycles. The van der Waals surface area contributed by atoms with Crippen LogP contribution in [0.5, 0.6) is 11.6 Å². The van der Waals surface area contributed by atoms with Gasteiger partial charge in [0.2, 0.25) is 5.88 Å². The highest BCUT2D eigenvalue weighted by atomic mass is 35.5. The van der Waals surface area contributed by atoms with Gasteiger partial charge in [0.15, 0.2) is 5.16 Å². The largest absolute Gasteiger partial charge is 0.439 e. The highest BCUT2D eigenvalue weighted by Crippen LogP contribution is 2.26. The summed E-state index contributed by atoms with van der Waals surface area (Å²) in [5, 5.41) is 2.06. The first-order valence-electron chi connectivity index (χ1n) is 7.25. The molecule has 0 fully saturated rings. The van der Waals surface area contributed by atoms with E-state index in [2.05, 4.69) is 9.97 Å². The Kier molecular flexibility index (Phi) is 5.61. The second kappa shape index (κ2) is 7.88. The van der Waals surface area contributed by atoms with Gasteiger partial charge in [-0.05, 0) is 48.9 Å². The molecule has 0 spiro atoms. The van der Waals surface area contributed by atoms with Crippen molar-refractivity contribution in [1.82, 2.24) is 9.97 Å². The standard InChI is InChI=1S/C18H14Cl2N2OS/c1-12-9-17(23-16-7-5-14(19)6-8-16)22-18(21-12)24-11-13-3-2-4-15(20)10-13/h2-10H,11H2,1H3. The predicted molar refractivity (Wildman–Crippen MR) is 99.3 cm³/mol. The number of hydrogen-bond donors (Lipinski definition) is 0. The number of nitrogens with zero attached hydrogens (tertiary/aromatic N) is 2. The summed E-state index contributed by atoms with van der Waals surface area (Å²) in [6.07, 6.45) is 0. The van der Waals surface area contributed by atoms with E-state index in [1.54, 1.807) is 42.1 Å². The summed E-state index contributed by atoms with van der Waals surface area (Å²) >= 11 is 13.4. The van der Waals surface area contributed by atoms with Crippen LogP contribution in [0.4, 0.5) is 0 Å². The summed E-state index contributed by atoms with van der Waals surface area (Å²) in [5.41, 5.74) is 1.97. The van der Waals surface area contributed by atoms with Crippen molar-refractivity contribution in [2.75, 3.05) is 0 Å². The lowest BCUT2D eigenvalue weighted by atomic mass is 10.2. The van der Waals surface area contributed by atoms with E-state index in [9.17, 15) is 0 Å². The van der Waals surface area contributed by atoms with Crippen molar-refractivity contribution in [3.8, 4) is 11.6 Å². The Morgan fingerprint density at radius 1 is 0.958 bits per heavy atom. The van der Waals surface area contributed by atoms with E-state index in [0.29, 0.717) is 21.8 Å². The maximum Gasteiger partial charge on any atom is 0.223 e. The van der Waals surface area contributed by atoms with Crippen LogP contribution in [0.15, 0.2) is 59.8 Å². The average molecular weight is 377 g/mol. The molecule has 24 heavy (non-hydrogen) atoms. The lowest BCUT2D eigenvalue weighted by Crippen LogP contribution is -1.95. The number of rotatable bonds is 5. The Bertz CT molecular complexity index is 841. The smallest absolute Gasteiger partial charge is 0.223 e. The summed E-state index contributed by atoms with van der Waals surface area (Å²) in [7, 11) is 0. The van der Waals surface area contributed by atoms with Crippen molar-refractivity contribution in [2.24, 2.45) is 0 Å². The maximum atomic E-state index is 6.01. The molecule has 0 aliphatic rings. The summed E-state index contributed by atoms with van der Waals surface area (Å²) in [6, 6.07) is 16.7. The molecule has 0 atom stereocenters. The molecule has 3 nitrogen and oxygen atoms in total. The minimum Gasteiger partial charge on any atom is -0.439 e. The van der Waals surface area contributed by atoms with Crippen LogP contribution in [0.2, 0.25) is 10.0 Å². The highest BCUT2D eigenvalue weighted by Gasteiger charge is 2.06. The fourth-order valence-electron chi connectivity index (χ4n) is 2.03. The number of aryl methyl sites for hydroxylation is 1. The Morgan fingerprint density at radius 3 is 2.50 bits per heavy atom. The zero-order valence-corrected chi connectivity index (χ0v) is 15.2. The fraction of sp³-hybridized carbons (Fsp3) is 0.111. The van der Waals surface area contributed by atoms with Crippen molar-refractivity contribution in [2.45, 2.75) is 17.8 Å². The van der Waals surface area contributed by atoms with Gasteiger partial charge in [-0.15, -0.1) is 0 Å². The molecule has 0 N–H and O–H groups in total. The number of halogens is 2. The molecule has 0 radical (unpaired) electrons. The Balaban J connectivity index is 1.72. The molecular formula is C18H14Cl2N2OS. The Hall–Kier alpha value is -1.75. The molecule has 3 rings (SSSR count). The lowest BCUT2D eigenvalue weighted by Gasteiger charge is -2.08. The van der Waals surface area contributed by atoms with Crippen LogP contribution in [0.25, 0.3) is 0 Å². The zero-order valence-electron chi connectivity index (χ0n) is 12.9. The van der Waals surface area contributed by atoms with Crippen molar-refractivity contribution in [3.63, 3.8) is 0 Å². The number of benzene rings is 2. The van der Waals surface area contributed by atoms with Crippen LogP contribution in [-0.4, -0.2) is 9.97 Å². The molecule has 0 amide bonds. The first kappa shape index (κ1) is 17.1. The first-order chi connectivity index (χ1) is 11.6. The van der Waals surface area contributed by atoms with Crippen LogP contribution < -0.4 is 4.74 Å².